The largest absolute Gasteiger partial charge is 0.352 e. The Kier molecular flexibility index (Phi) is 4.39. The van der Waals surface area contributed by atoms with Crippen molar-refractivity contribution in [1.82, 2.24) is 15.5 Å². The predicted octanol–water partition coefficient (Wildman–Crippen LogP) is 1.35. The molecule has 2 fully saturated rings. The molecule has 1 heterocycles. The molecular formula is C17H20N4O5. The van der Waals surface area contributed by atoms with Gasteiger partial charge in [-0.3, -0.25) is 24.6 Å². The maximum absolute atomic E-state index is 12.5. The van der Waals surface area contributed by atoms with Crippen molar-refractivity contribution in [2.75, 3.05) is 13.6 Å². The lowest BCUT2D eigenvalue weighted by Crippen LogP contribution is -2.53. The number of nitrogens with one attached hydrogen (secondary N) is 2. The quantitative estimate of drug-likeness (QED) is 0.477. The van der Waals surface area contributed by atoms with E-state index in [9.17, 15) is 24.5 Å². The second-order valence-electron chi connectivity index (χ2n) is 6.77. The third-order valence-electron chi connectivity index (χ3n) is 5.40. The zero-order valence-electron chi connectivity index (χ0n) is 14.6. The van der Waals surface area contributed by atoms with Gasteiger partial charge in [0.05, 0.1) is 4.92 Å². The number of hydrogen-bond donors (Lipinski definition) is 2. The maximum atomic E-state index is 12.5. The Morgan fingerprint density at radius 3 is 2.81 bits per heavy atom. The number of urea groups is 1. The number of nitrogens with zero attached hydrogens (tertiary/aromatic N) is 2. The summed E-state index contributed by atoms with van der Waals surface area (Å²) in [7, 11) is 1.44. The number of likely N-dealkylation sites (N-methyl/N-ethyl adjacent to an activating group) is 1. The first-order valence-electron chi connectivity index (χ1n) is 8.40. The number of rotatable bonds is 4. The second-order valence-corrected chi connectivity index (χ2v) is 6.77. The molecule has 0 bridgehead atoms. The molecule has 0 unspecified atom stereocenters. The smallest absolute Gasteiger partial charge is 0.324 e. The Balaban J connectivity index is 1.74. The minimum Gasteiger partial charge on any atom is -0.352 e. The van der Waals surface area contributed by atoms with Crippen LogP contribution in [0.5, 0.6) is 0 Å². The Morgan fingerprint density at radius 1 is 1.46 bits per heavy atom. The molecule has 1 aromatic rings. The summed E-state index contributed by atoms with van der Waals surface area (Å²) in [6, 6.07) is 3.91. The molecule has 26 heavy (non-hydrogen) atoms. The van der Waals surface area contributed by atoms with Crippen LogP contribution in [0, 0.1) is 23.0 Å². The zero-order chi connectivity index (χ0) is 19.1. The molecule has 0 aromatic heterocycles. The molecule has 0 radical (unpaired) electrons. The van der Waals surface area contributed by atoms with Crippen LogP contribution < -0.4 is 10.6 Å². The average Bonchev–Trinajstić information content (AvgIpc) is 3.10. The zero-order valence-corrected chi connectivity index (χ0v) is 14.6. The lowest BCUT2D eigenvalue weighted by Gasteiger charge is -2.28. The van der Waals surface area contributed by atoms with Gasteiger partial charge in [0.15, 0.2) is 0 Å². The summed E-state index contributed by atoms with van der Waals surface area (Å²) < 4.78 is 0. The van der Waals surface area contributed by atoms with Crippen LogP contribution in [0.3, 0.4) is 0 Å². The number of imide groups is 1. The van der Waals surface area contributed by atoms with Gasteiger partial charge in [0.1, 0.15) is 5.54 Å². The molecule has 3 rings (SSSR count). The fourth-order valence-electron chi connectivity index (χ4n) is 3.90. The highest BCUT2D eigenvalue weighted by Crippen LogP contribution is 2.39. The molecule has 1 saturated heterocycles. The normalized spacial score (nSPS) is 24.8. The van der Waals surface area contributed by atoms with Gasteiger partial charge >= 0.3 is 6.03 Å². The van der Waals surface area contributed by atoms with Gasteiger partial charge in [0.25, 0.3) is 17.5 Å². The van der Waals surface area contributed by atoms with E-state index in [0.717, 1.165) is 11.3 Å². The Morgan fingerprint density at radius 2 is 2.19 bits per heavy atom. The fraction of sp³-hybridized carbons (Fsp3) is 0.471. The summed E-state index contributed by atoms with van der Waals surface area (Å²) in [5, 5.41) is 16.6. The summed E-state index contributed by atoms with van der Waals surface area (Å²) >= 11 is 0. The van der Waals surface area contributed by atoms with Crippen LogP contribution in [-0.4, -0.2) is 46.8 Å². The second kappa shape index (κ2) is 6.40. The van der Waals surface area contributed by atoms with Gasteiger partial charge in [0, 0.05) is 36.7 Å². The van der Waals surface area contributed by atoms with E-state index < -0.39 is 22.4 Å². The Bertz CT molecular complexity index is 808. The number of hydrogen-bond acceptors (Lipinski definition) is 5. The van der Waals surface area contributed by atoms with Gasteiger partial charge < -0.3 is 10.6 Å². The molecule has 1 aliphatic heterocycles. The van der Waals surface area contributed by atoms with Gasteiger partial charge in [0.2, 0.25) is 0 Å². The van der Waals surface area contributed by atoms with Gasteiger partial charge in [-0.05, 0) is 25.8 Å². The predicted molar refractivity (Wildman–Crippen MR) is 91.5 cm³/mol. The molecule has 2 N–H and O–H groups in total. The standard InChI is InChI=1S/C17H20N4O5/c1-10-12(6-3-7-13(10)21(25)26)14(22)18-9-11-5-4-8-17(11)15(23)20(2)16(24)19-17/h3,6-7,11H,4-5,8-9H2,1-2H3,(H,18,22)(H,19,24)/t11-,17-/m0/s1. The molecule has 2 aliphatic rings. The highest BCUT2D eigenvalue weighted by molar-refractivity contribution is 6.07. The van der Waals surface area contributed by atoms with Crippen molar-refractivity contribution in [3.63, 3.8) is 0 Å². The molecule has 1 spiro atoms. The minimum atomic E-state index is -0.961. The minimum absolute atomic E-state index is 0.116. The summed E-state index contributed by atoms with van der Waals surface area (Å²) in [5.74, 6) is -0.920. The fourth-order valence-corrected chi connectivity index (χ4v) is 3.90. The van der Waals surface area contributed by atoms with E-state index in [1.165, 1.54) is 32.2 Å². The van der Waals surface area contributed by atoms with Crippen molar-refractivity contribution < 1.29 is 19.3 Å². The number of carbonyl (C=O) groups is 3. The molecule has 138 valence electrons. The molecule has 9 heteroatoms. The van der Waals surface area contributed by atoms with Crippen LogP contribution in [0.15, 0.2) is 18.2 Å². The summed E-state index contributed by atoms with van der Waals surface area (Å²) in [5.41, 5.74) is -0.558. The highest BCUT2D eigenvalue weighted by atomic mass is 16.6. The van der Waals surface area contributed by atoms with Crippen LogP contribution >= 0.6 is 0 Å². The van der Waals surface area contributed by atoms with Crippen LogP contribution in [0.4, 0.5) is 10.5 Å². The van der Waals surface area contributed by atoms with Crippen molar-refractivity contribution >= 4 is 23.5 Å². The molecule has 4 amide bonds. The van der Waals surface area contributed by atoms with E-state index in [0.29, 0.717) is 18.4 Å². The monoisotopic (exact) mass is 360 g/mol. The first kappa shape index (κ1) is 17.8. The molecule has 1 aromatic carbocycles. The maximum Gasteiger partial charge on any atom is 0.324 e. The van der Waals surface area contributed by atoms with Crippen molar-refractivity contribution in [3.05, 3.63) is 39.4 Å². The topological polar surface area (TPSA) is 122 Å². The first-order chi connectivity index (χ1) is 12.3. The van der Waals surface area contributed by atoms with E-state index in [1.807, 2.05) is 0 Å². The molecule has 1 aliphatic carbocycles. The van der Waals surface area contributed by atoms with E-state index in [2.05, 4.69) is 10.6 Å². The lowest BCUT2D eigenvalue weighted by molar-refractivity contribution is -0.385. The van der Waals surface area contributed by atoms with Crippen LogP contribution in [0.25, 0.3) is 0 Å². The third kappa shape index (κ3) is 2.69. The Hall–Kier alpha value is -2.97. The average molecular weight is 360 g/mol. The van der Waals surface area contributed by atoms with E-state index in [1.54, 1.807) is 0 Å². The molecule has 1 saturated carbocycles. The highest BCUT2D eigenvalue weighted by Gasteiger charge is 2.56. The van der Waals surface area contributed by atoms with Crippen LogP contribution in [0.1, 0.15) is 35.2 Å². The van der Waals surface area contributed by atoms with Gasteiger partial charge in [-0.15, -0.1) is 0 Å². The van der Waals surface area contributed by atoms with Crippen LogP contribution in [0.2, 0.25) is 0 Å². The van der Waals surface area contributed by atoms with Gasteiger partial charge in [-0.1, -0.05) is 12.5 Å². The molecule has 2 atom stereocenters. The van der Waals surface area contributed by atoms with Crippen molar-refractivity contribution in [2.45, 2.75) is 31.7 Å². The number of nitro benzene ring substituents is 1. The number of carbonyl (C=O) groups excluding carboxylic acids is 3. The molecule has 9 nitrogen and oxygen atoms in total. The van der Waals surface area contributed by atoms with Crippen molar-refractivity contribution in [2.24, 2.45) is 5.92 Å². The molecular weight excluding hydrogens is 340 g/mol. The number of benzene rings is 1. The SMILES string of the molecule is Cc1c(C(=O)NC[C@@H]2CCC[C@]23NC(=O)N(C)C3=O)cccc1[N+](=O)[O-]. The van der Waals surface area contributed by atoms with E-state index in [4.69, 9.17) is 0 Å². The summed E-state index contributed by atoms with van der Waals surface area (Å²) in [4.78, 5) is 48.4. The summed E-state index contributed by atoms with van der Waals surface area (Å²) in [6.45, 7) is 1.74. The first-order valence-corrected chi connectivity index (χ1v) is 8.40. The lowest BCUT2D eigenvalue weighted by atomic mass is 9.86. The summed E-state index contributed by atoms with van der Waals surface area (Å²) in [6.07, 6.45) is 2.02. The van der Waals surface area contributed by atoms with E-state index in [-0.39, 0.29) is 29.6 Å². The van der Waals surface area contributed by atoms with Crippen molar-refractivity contribution in [3.8, 4) is 0 Å². The number of amides is 4. The Labute approximate surface area is 149 Å². The number of nitro groups is 1. The van der Waals surface area contributed by atoms with Gasteiger partial charge in [-0.25, -0.2) is 4.79 Å². The third-order valence-corrected chi connectivity index (χ3v) is 5.40. The van der Waals surface area contributed by atoms with Crippen molar-refractivity contribution in [1.29, 1.82) is 0 Å². The van der Waals surface area contributed by atoms with Crippen LogP contribution in [-0.2, 0) is 4.79 Å². The van der Waals surface area contributed by atoms with E-state index >= 15 is 0 Å². The van der Waals surface area contributed by atoms with Gasteiger partial charge in [-0.2, -0.15) is 0 Å².